The van der Waals surface area contributed by atoms with E-state index >= 15 is 0 Å². The fourth-order valence-electron chi connectivity index (χ4n) is 2.83. The van der Waals surface area contributed by atoms with E-state index in [1.54, 1.807) is 6.20 Å². The van der Waals surface area contributed by atoms with Crippen LogP contribution in [0.1, 0.15) is 24.2 Å². The number of nitrogens with one attached hydrogen (secondary N) is 2. The Morgan fingerprint density at radius 3 is 2.95 bits per heavy atom. The minimum atomic E-state index is 0.747. The van der Waals surface area contributed by atoms with Crippen LogP contribution in [0.2, 0.25) is 0 Å². The van der Waals surface area contributed by atoms with Crippen LogP contribution in [0, 0.1) is 5.92 Å². The van der Waals surface area contributed by atoms with Crippen molar-refractivity contribution in [3.63, 3.8) is 0 Å². The molecule has 0 bridgehead atoms. The first-order valence-corrected chi connectivity index (χ1v) is 7.55. The van der Waals surface area contributed by atoms with Gasteiger partial charge in [0.15, 0.2) is 0 Å². The third-order valence-corrected chi connectivity index (χ3v) is 4.00. The second-order valence-electron chi connectivity index (χ2n) is 5.61. The Morgan fingerprint density at radius 1 is 1.38 bits per heavy atom. The maximum Gasteiger partial charge on any atom is 0.244 e. The van der Waals surface area contributed by atoms with Gasteiger partial charge < -0.3 is 10.2 Å². The average Bonchev–Trinajstić information content (AvgIpc) is 2.98. The van der Waals surface area contributed by atoms with Crippen molar-refractivity contribution in [1.82, 2.24) is 25.5 Å². The van der Waals surface area contributed by atoms with Gasteiger partial charge in [-0.1, -0.05) is 6.07 Å². The fourth-order valence-corrected chi connectivity index (χ4v) is 2.83. The first-order valence-electron chi connectivity index (χ1n) is 7.55. The van der Waals surface area contributed by atoms with Crippen LogP contribution in [-0.4, -0.2) is 46.8 Å². The summed E-state index contributed by atoms with van der Waals surface area (Å²) in [5.74, 6) is 2.51. The summed E-state index contributed by atoms with van der Waals surface area (Å²) in [5, 5.41) is 10.7. The molecule has 0 aromatic carbocycles. The lowest BCUT2D eigenvalue weighted by atomic mass is 9.97. The summed E-state index contributed by atoms with van der Waals surface area (Å²) < 4.78 is 0. The Morgan fingerprint density at radius 2 is 2.24 bits per heavy atom. The number of aromatic nitrogens is 4. The number of nitrogens with zero attached hydrogens (tertiary/aromatic N) is 4. The summed E-state index contributed by atoms with van der Waals surface area (Å²) in [4.78, 5) is 11.0. The van der Waals surface area contributed by atoms with Gasteiger partial charge in [0.1, 0.15) is 5.82 Å². The lowest BCUT2D eigenvalue weighted by molar-refractivity contribution is 0.391. The average molecular weight is 286 g/mol. The molecule has 6 nitrogen and oxygen atoms in total. The Hall–Kier alpha value is -1.95. The van der Waals surface area contributed by atoms with Crippen molar-refractivity contribution in [3.8, 4) is 0 Å². The van der Waals surface area contributed by atoms with Crippen LogP contribution in [0.3, 0.4) is 0 Å². The molecule has 3 rings (SSSR count). The Kier molecular flexibility index (Phi) is 4.45. The Balaban J connectivity index is 1.58. The van der Waals surface area contributed by atoms with Crippen LogP contribution in [0.15, 0.2) is 24.5 Å². The number of piperidine rings is 1. The second kappa shape index (κ2) is 6.67. The molecule has 2 aromatic rings. The monoisotopic (exact) mass is 286 g/mol. The van der Waals surface area contributed by atoms with Crippen molar-refractivity contribution < 1.29 is 0 Å². The molecule has 2 aromatic heterocycles. The summed E-state index contributed by atoms with van der Waals surface area (Å²) in [6, 6.07) is 4.00. The van der Waals surface area contributed by atoms with E-state index in [9.17, 15) is 0 Å². The van der Waals surface area contributed by atoms with E-state index in [4.69, 9.17) is 0 Å². The SMILES string of the molecule is CNCC1CCN(c2n[nH]c(Cc3cccnc3)n2)CC1. The van der Waals surface area contributed by atoms with Crippen LogP contribution in [-0.2, 0) is 6.42 Å². The van der Waals surface area contributed by atoms with Crippen molar-refractivity contribution in [2.24, 2.45) is 5.92 Å². The Labute approximate surface area is 125 Å². The molecule has 0 aliphatic carbocycles. The van der Waals surface area contributed by atoms with Crippen molar-refractivity contribution in [1.29, 1.82) is 0 Å². The van der Waals surface area contributed by atoms with Crippen LogP contribution >= 0.6 is 0 Å². The normalized spacial score (nSPS) is 16.3. The fraction of sp³-hybridized carbons (Fsp3) is 0.533. The molecule has 0 amide bonds. The van der Waals surface area contributed by atoms with Gasteiger partial charge in [0.25, 0.3) is 0 Å². The summed E-state index contributed by atoms with van der Waals surface area (Å²) in [5.41, 5.74) is 1.15. The molecule has 0 unspecified atom stereocenters. The van der Waals surface area contributed by atoms with Crippen LogP contribution < -0.4 is 10.2 Å². The maximum absolute atomic E-state index is 4.62. The van der Waals surface area contributed by atoms with E-state index in [1.165, 1.54) is 12.8 Å². The number of hydrogen-bond donors (Lipinski definition) is 2. The van der Waals surface area contributed by atoms with Gasteiger partial charge in [-0.15, -0.1) is 5.10 Å². The summed E-state index contributed by atoms with van der Waals surface area (Å²) >= 11 is 0. The molecule has 2 N–H and O–H groups in total. The first-order chi connectivity index (χ1) is 10.3. The molecule has 1 aliphatic rings. The molecule has 6 heteroatoms. The number of pyridine rings is 1. The van der Waals surface area contributed by atoms with Gasteiger partial charge in [0.2, 0.25) is 5.95 Å². The molecule has 1 saturated heterocycles. The zero-order valence-electron chi connectivity index (χ0n) is 12.4. The highest BCUT2D eigenvalue weighted by molar-refractivity contribution is 5.30. The van der Waals surface area contributed by atoms with E-state index in [0.29, 0.717) is 0 Å². The lowest BCUT2D eigenvalue weighted by Crippen LogP contribution is -2.37. The van der Waals surface area contributed by atoms with Crippen molar-refractivity contribution in [2.45, 2.75) is 19.3 Å². The van der Waals surface area contributed by atoms with Gasteiger partial charge in [0, 0.05) is 31.9 Å². The van der Waals surface area contributed by atoms with Gasteiger partial charge in [-0.05, 0) is 44.0 Å². The number of H-pyrrole nitrogens is 1. The standard InChI is InChI=1S/C15H22N6/c1-16-10-12-4-7-21(8-5-12)15-18-14(19-20-15)9-13-3-2-6-17-11-13/h2-3,6,11-12,16H,4-5,7-10H2,1H3,(H,18,19,20). The predicted molar refractivity (Wildman–Crippen MR) is 82.3 cm³/mol. The van der Waals surface area contributed by atoms with Crippen LogP contribution in [0.5, 0.6) is 0 Å². The molecule has 0 spiro atoms. The molecule has 0 saturated carbocycles. The minimum Gasteiger partial charge on any atom is -0.340 e. The minimum absolute atomic E-state index is 0.747. The van der Waals surface area contributed by atoms with Gasteiger partial charge in [-0.2, -0.15) is 4.98 Å². The highest BCUT2D eigenvalue weighted by atomic mass is 15.4. The van der Waals surface area contributed by atoms with Crippen LogP contribution in [0.25, 0.3) is 0 Å². The van der Waals surface area contributed by atoms with E-state index in [1.807, 2.05) is 19.3 Å². The quantitative estimate of drug-likeness (QED) is 0.865. The molecule has 21 heavy (non-hydrogen) atoms. The Bertz CT molecular complexity index is 544. The highest BCUT2D eigenvalue weighted by Crippen LogP contribution is 2.20. The highest BCUT2D eigenvalue weighted by Gasteiger charge is 2.21. The van der Waals surface area contributed by atoms with Crippen LogP contribution in [0.4, 0.5) is 5.95 Å². The topological polar surface area (TPSA) is 69.7 Å². The molecule has 1 aliphatic heterocycles. The lowest BCUT2D eigenvalue weighted by Gasteiger charge is -2.30. The number of rotatable bonds is 5. The van der Waals surface area contributed by atoms with Crippen molar-refractivity contribution in [2.75, 3.05) is 31.6 Å². The third kappa shape index (κ3) is 3.58. The maximum atomic E-state index is 4.62. The van der Waals surface area contributed by atoms with Gasteiger partial charge in [-0.3, -0.25) is 10.1 Å². The molecule has 1 fully saturated rings. The number of hydrogen-bond acceptors (Lipinski definition) is 5. The van der Waals surface area contributed by atoms with Crippen molar-refractivity contribution in [3.05, 3.63) is 35.9 Å². The summed E-state index contributed by atoms with van der Waals surface area (Å²) in [7, 11) is 2.02. The second-order valence-corrected chi connectivity index (χ2v) is 5.61. The summed E-state index contributed by atoms with van der Waals surface area (Å²) in [6.45, 7) is 3.18. The van der Waals surface area contributed by atoms with Gasteiger partial charge in [-0.25, -0.2) is 0 Å². The van der Waals surface area contributed by atoms with E-state index in [2.05, 4.69) is 36.4 Å². The molecule has 0 atom stereocenters. The number of anilines is 1. The molecular weight excluding hydrogens is 264 g/mol. The van der Waals surface area contributed by atoms with Gasteiger partial charge in [0.05, 0.1) is 0 Å². The van der Waals surface area contributed by atoms with Crippen molar-refractivity contribution >= 4 is 5.95 Å². The zero-order valence-corrected chi connectivity index (χ0v) is 12.4. The molecule has 0 radical (unpaired) electrons. The first kappa shape index (κ1) is 14.0. The van der Waals surface area contributed by atoms with Gasteiger partial charge >= 0.3 is 0 Å². The summed E-state index contributed by atoms with van der Waals surface area (Å²) in [6.07, 6.45) is 6.80. The van der Waals surface area contributed by atoms with E-state index < -0.39 is 0 Å². The molecule has 3 heterocycles. The third-order valence-electron chi connectivity index (χ3n) is 4.00. The van der Waals surface area contributed by atoms with E-state index in [-0.39, 0.29) is 0 Å². The molecular formula is C15H22N6. The predicted octanol–water partition coefficient (Wildman–Crippen LogP) is 1.23. The molecule has 112 valence electrons. The largest absolute Gasteiger partial charge is 0.340 e. The number of aromatic amines is 1. The smallest absolute Gasteiger partial charge is 0.244 e. The van der Waals surface area contributed by atoms with E-state index in [0.717, 1.165) is 49.3 Å². The zero-order chi connectivity index (χ0) is 14.5.